The summed E-state index contributed by atoms with van der Waals surface area (Å²) in [5.74, 6) is 0.498. The predicted molar refractivity (Wildman–Crippen MR) is 103 cm³/mol. The molecule has 1 aromatic carbocycles. The van der Waals surface area contributed by atoms with E-state index in [4.69, 9.17) is 9.84 Å². The van der Waals surface area contributed by atoms with Crippen molar-refractivity contribution < 1.29 is 14.6 Å². The highest BCUT2D eigenvalue weighted by molar-refractivity contribution is 5.86. The molecule has 140 valence electrons. The number of carbonyl (C=O) groups is 1. The molecule has 3 aromatic rings. The molecule has 0 saturated carbocycles. The minimum atomic E-state index is -0.301. The SMILES string of the molecule is COC(=O)CCc1c(C)c(C#N)c2nc3ccccc3n2c1NCCCO. The molecule has 0 radical (unpaired) electrons. The first-order valence-corrected chi connectivity index (χ1v) is 8.86. The van der Waals surface area contributed by atoms with E-state index in [2.05, 4.69) is 16.4 Å². The van der Waals surface area contributed by atoms with Crippen LogP contribution in [0.1, 0.15) is 29.5 Å². The Morgan fingerprint density at radius 1 is 1.41 bits per heavy atom. The van der Waals surface area contributed by atoms with E-state index in [1.54, 1.807) is 0 Å². The van der Waals surface area contributed by atoms with Gasteiger partial charge < -0.3 is 15.2 Å². The monoisotopic (exact) mass is 366 g/mol. The van der Waals surface area contributed by atoms with Crippen LogP contribution in [0.3, 0.4) is 0 Å². The van der Waals surface area contributed by atoms with E-state index in [-0.39, 0.29) is 19.0 Å². The standard InChI is InChI=1S/C20H22N4O3/c1-13-14(8-9-18(26)27-2)19(22-10-5-11-25)24-17-7-4-3-6-16(17)23-20(24)15(13)12-21/h3-4,6-7,22,25H,5,8-11H2,1-2H3. The van der Waals surface area contributed by atoms with Gasteiger partial charge in [-0.1, -0.05) is 12.1 Å². The lowest BCUT2D eigenvalue weighted by molar-refractivity contribution is -0.140. The molecule has 2 aromatic heterocycles. The Morgan fingerprint density at radius 3 is 2.89 bits per heavy atom. The first-order chi connectivity index (χ1) is 13.1. The number of hydrogen-bond donors (Lipinski definition) is 2. The molecular weight excluding hydrogens is 344 g/mol. The van der Waals surface area contributed by atoms with E-state index < -0.39 is 0 Å². The zero-order chi connectivity index (χ0) is 19.4. The van der Waals surface area contributed by atoms with Gasteiger partial charge in [-0.25, -0.2) is 4.98 Å². The number of fused-ring (bicyclic) bond motifs is 3. The number of aliphatic hydroxyl groups is 1. The molecule has 2 heterocycles. The highest BCUT2D eigenvalue weighted by Gasteiger charge is 2.21. The minimum Gasteiger partial charge on any atom is -0.469 e. The van der Waals surface area contributed by atoms with Crippen LogP contribution in [0.25, 0.3) is 16.7 Å². The zero-order valence-electron chi connectivity index (χ0n) is 15.5. The number of carbonyl (C=O) groups excluding carboxylic acids is 1. The number of aromatic nitrogens is 2. The van der Waals surface area contributed by atoms with Gasteiger partial charge in [-0.15, -0.1) is 0 Å². The van der Waals surface area contributed by atoms with Crippen molar-refractivity contribution in [3.63, 3.8) is 0 Å². The molecule has 0 fully saturated rings. The number of benzene rings is 1. The number of methoxy groups -OCH3 is 1. The minimum absolute atomic E-state index is 0.0770. The van der Waals surface area contributed by atoms with E-state index in [0.717, 1.165) is 28.0 Å². The Bertz CT molecular complexity index is 1030. The number of hydrogen-bond acceptors (Lipinski definition) is 6. The molecule has 0 amide bonds. The number of ether oxygens (including phenoxy) is 1. The molecule has 0 aliphatic heterocycles. The molecular formula is C20H22N4O3. The molecule has 0 aliphatic carbocycles. The molecule has 0 unspecified atom stereocenters. The fraction of sp³-hybridized carbons (Fsp3) is 0.350. The molecule has 0 spiro atoms. The topological polar surface area (TPSA) is 99.7 Å². The summed E-state index contributed by atoms with van der Waals surface area (Å²) in [6, 6.07) is 9.96. The molecule has 7 nitrogen and oxygen atoms in total. The molecule has 3 rings (SSSR count). The summed E-state index contributed by atoms with van der Waals surface area (Å²) in [5.41, 5.74) is 4.45. The average Bonchev–Trinajstić information content (AvgIpc) is 3.06. The van der Waals surface area contributed by atoms with Gasteiger partial charge in [0.25, 0.3) is 0 Å². The lowest BCUT2D eigenvalue weighted by Crippen LogP contribution is -2.14. The Morgan fingerprint density at radius 2 is 2.19 bits per heavy atom. The fourth-order valence-electron chi connectivity index (χ4n) is 3.29. The van der Waals surface area contributed by atoms with Crippen LogP contribution in [-0.4, -0.2) is 40.7 Å². The summed E-state index contributed by atoms with van der Waals surface area (Å²) >= 11 is 0. The zero-order valence-corrected chi connectivity index (χ0v) is 15.5. The number of pyridine rings is 1. The number of nitriles is 1. The number of nitrogens with zero attached hydrogens (tertiary/aromatic N) is 3. The van der Waals surface area contributed by atoms with Crippen molar-refractivity contribution in [1.82, 2.24) is 9.38 Å². The molecule has 27 heavy (non-hydrogen) atoms. The maximum atomic E-state index is 11.7. The van der Waals surface area contributed by atoms with Gasteiger partial charge in [0.05, 0.1) is 23.7 Å². The van der Waals surface area contributed by atoms with Gasteiger partial charge in [-0.2, -0.15) is 5.26 Å². The van der Waals surface area contributed by atoms with Crippen LogP contribution in [0.4, 0.5) is 5.82 Å². The second kappa shape index (κ2) is 8.06. The number of para-hydroxylation sites is 2. The molecule has 0 atom stereocenters. The molecule has 7 heteroatoms. The number of imidazole rings is 1. The van der Waals surface area contributed by atoms with Gasteiger partial charge in [0.15, 0.2) is 5.65 Å². The number of rotatable bonds is 7. The lowest BCUT2D eigenvalue weighted by Gasteiger charge is -2.18. The van der Waals surface area contributed by atoms with Crippen LogP contribution < -0.4 is 5.32 Å². The van der Waals surface area contributed by atoms with E-state index >= 15 is 0 Å². The van der Waals surface area contributed by atoms with E-state index in [9.17, 15) is 10.1 Å². The van der Waals surface area contributed by atoms with Gasteiger partial charge in [0.1, 0.15) is 11.9 Å². The van der Waals surface area contributed by atoms with Gasteiger partial charge in [-0.05, 0) is 43.0 Å². The smallest absolute Gasteiger partial charge is 0.305 e. The van der Waals surface area contributed by atoms with Crippen molar-refractivity contribution in [3.8, 4) is 6.07 Å². The number of anilines is 1. The molecule has 0 bridgehead atoms. The van der Waals surface area contributed by atoms with E-state index in [1.807, 2.05) is 35.6 Å². The lowest BCUT2D eigenvalue weighted by atomic mass is 10.00. The largest absolute Gasteiger partial charge is 0.469 e. The highest BCUT2D eigenvalue weighted by atomic mass is 16.5. The van der Waals surface area contributed by atoms with Crippen molar-refractivity contribution >= 4 is 28.5 Å². The van der Waals surface area contributed by atoms with Crippen LogP contribution in [0.15, 0.2) is 24.3 Å². The van der Waals surface area contributed by atoms with Crippen LogP contribution in [0.5, 0.6) is 0 Å². The van der Waals surface area contributed by atoms with Crippen molar-refractivity contribution in [1.29, 1.82) is 5.26 Å². The summed E-state index contributed by atoms with van der Waals surface area (Å²) in [4.78, 5) is 16.3. The maximum Gasteiger partial charge on any atom is 0.305 e. The fourth-order valence-corrected chi connectivity index (χ4v) is 3.29. The third kappa shape index (κ3) is 3.44. The summed E-state index contributed by atoms with van der Waals surface area (Å²) in [7, 11) is 1.36. The van der Waals surface area contributed by atoms with Crippen molar-refractivity contribution in [2.45, 2.75) is 26.2 Å². The summed E-state index contributed by atoms with van der Waals surface area (Å²) < 4.78 is 6.71. The number of esters is 1. The number of aliphatic hydroxyl groups excluding tert-OH is 1. The summed E-state index contributed by atoms with van der Waals surface area (Å²) in [6.45, 7) is 2.52. The highest BCUT2D eigenvalue weighted by Crippen LogP contribution is 2.31. The quantitative estimate of drug-likeness (QED) is 0.492. The summed E-state index contributed by atoms with van der Waals surface area (Å²) in [5, 5.41) is 22.3. The first-order valence-electron chi connectivity index (χ1n) is 8.86. The van der Waals surface area contributed by atoms with Crippen molar-refractivity contribution in [3.05, 3.63) is 41.0 Å². The number of nitrogens with one attached hydrogen (secondary N) is 1. The molecule has 2 N–H and O–H groups in total. The van der Waals surface area contributed by atoms with E-state index in [1.165, 1.54) is 7.11 Å². The Hall–Kier alpha value is -3.11. The van der Waals surface area contributed by atoms with Crippen LogP contribution in [-0.2, 0) is 16.0 Å². The van der Waals surface area contributed by atoms with Gasteiger partial charge in [0, 0.05) is 19.6 Å². The normalized spacial score (nSPS) is 10.9. The molecule has 0 aliphatic rings. The van der Waals surface area contributed by atoms with Gasteiger partial charge >= 0.3 is 5.97 Å². The average molecular weight is 366 g/mol. The van der Waals surface area contributed by atoms with Crippen LogP contribution in [0, 0.1) is 18.3 Å². The van der Waals surface area contributed by atoms with Crippen molar-refractivity contribution in [2.24, 2.45) is 0 Å². The summed E-state index contributed by atoms with van der Waals surface area (Å²) in [6.07, 6.45) is 1.25. The van der Waals surface area contributed by atoms with Crippen LogP contribution in [0.2, 0.25) is 0 Å². The van der Waals surface area contributed by atoms with Gasteiger partial charge in [-0.3, -0.25) is 9.20 Å². The van der Waals surface area contributed by atoms with Gasteiger partial charge in [0.2, 0.25) is 0 Å². The Balaban J connectivity index is 2.27. The second-order valence-electron chi connectivity index (χ2n) is 6.28. The van der Waals surface area contributed by atoms with Crippen molar-refractivity contribution in [2.75, 3.05) is 25.6 Å². The Labute approximate surface area is 157 Å². The third-order valence-electron chi connectivity index (χ3n) is 4.67. The second-order valence-corrected chi connectivity index (χ2v) is 6.28. The van der Waals surface area contributed by atoms with E-state index in [0.29, 0.717) is 30.6 Å². The van der Waals surface area contributed by atoms with Crippen LogP contribution >= 0.6 is 0 Å². The maximum absolute atomic E-state index is 11.7. The predicted octanol–water partition coefficient (Wildman–Crippen LogP) is 2.57. The Kier molecular flexibility index (Phi) is 5.57. The third-order valence-corrected chi connectivity index (χ3v) is 4.67. The first kappa shape index (κ1) is 18.7. The molecule has 0 saturated heterocycles.